The van der Waals surface area contributed by atoms with Crippen LogP contribution in [-0.4, -0.2) is 49.3 Å². The van der Waals surface area contributed by atoms with Crippen molar-refractivity contribution in [2.75, 3.05) is 13.2 Å². The van der Waals surface area contributed by atoms with Crippen LogP contribution in [0, 0.1) is 5.41 Å². The number of H-pyrrole nitrogens is 1. The van der Waals surface area contributed by atoms with E-state index in [2.05, 4.69) is 20.4 Å². The second-order valence-corrected chi connectivity index (χ2v) is 10.1. The normalized spacial score (nSPS) is 19.1. The Labute approximate surface area is 203 Å². The average Bonchev–Trinajstić information content (AvgIpc) is 3.55. The van der Waals surface area contributed by atoms with Gasteiger partial charge in [0.05, 0.1) is 13.2 Å². The van der Waals surface area contributed by atoms with E-state index in [1.807, 2.05) is 30.3 Å². The van der Waals surface area contributed by atoms with Crippen LogP contribution in [0.3, 0.4) is 0 Å². The topological polar surface area (TPSA) is 122 Å². The van der Waals surface area contributed by atoms with E-state index in [1.165, 1.54) is 10.6 Å². The van der Waals surface area contributed by atoms with Gasteiger partial charge in [-0.3, -0.25) is 9.59 Å². The van der Waals surface area contributed by atoms with E-state index in [0.29, 0.717) is 36.7 Å². The van der Waals surface area contributed by atoms with Gasteiger partial charge >= 0.3 is 0 Å². The molecule has 0 saturated heterocycles. The van der Waals surface area contributed by atoms with Crippen LogP contribution in [0.2, 0.25) is 0 Å². The first-order valence-electron chi connectivity index (χ1n) is 12.6. The molecule has 2 aliphatic carbocycles. The third kappa shape index (κ3) is 4.88. The Morgan fingerprint density at radius 2 is 1.80 bits per heavy atom. The summed E-state index contributed by atoms with van der Waals surface area (Å²) in [5.41, 5.74) is -0.0802. The number of amides is 1. The summed E-state index contributed by atoms with van der Waals surface area (Å²) in [6, 6.07) is 10.9. The highest BCUT2D eigenvalue weighted by molar-refractivity contribution is 5.85. The first kappa shape index (κ1) is 23.7. The van der Waals surface area contributed by atoms with Crippen LogP contribution < -0.4 is 10.9 Å². The third-order valence-corrected chi connectivity index (χ3v) is 7.62. The van der Waals surface area contributed by atoms with Crippen molar-refractivity contribution in [2.45, 2.75) is 70.0 Å². The molecule has 35 heavy (non-hydrogen) atoms. The van der Waals surface area contributed by atoms with E-state index in [1.54, 1.807) is 0 Å². The largest absolute Gasteiger partial charge is 0.396 e. The Kier molecular flexibility index (Phi) is 6.71. The Hall–Kier alpha value is -3.04. The van der Waals surface area contributed by atoms with Gasteiger partial charge in [0.2, 0.25) is 5.78 Å². The van der Waals surface area contributed by atoms with Crippen LogP contribution in [0.1, 0.15) is 63.5 Å². The number of benzene rings is 1. The van der Waals surface area contributed by atoms with Gasteiger partial charge in [0.25, 0.3) is 11.5 Å². The van der Waals surface area contributed by atoms with Crippen molar-refractivity contribution in [1.29, 1.82) is 0 Å². The second-order valence-electron chi connectivity index (χ2n) is 10.1. The van der Waals surface area contributed by atoms with Crippen molar-refractivity contribution in [3.8, 4) is 11.4 Å². The minimum absolute atomic E-state index is 0.0890. The number of aliphatic hydroxyl groups is 1. The number of carbonyl (C=O) groups excluding carboxylic acids is 1. The molecule has 0 unspecified atom stereocenters. The number of hydrogen-bond donors (Lipinski definition) is 3. The highest BCUT2D eigenvalue weighted by atomic mass is 16.5. The molecule has 3 N–H and O–H groups in total. The van der Waals surface area contributed by atoms with E-state index in [0.717, 1.165) is 50.5 Å². The summed E-state index contributed by atoms with van der Waals surface area (Å²) >= 11 is 0. The lowest BCUT2D eigenvalue weighted by Crippen LogP contribution is -2.52. The average molecular weight is 480 g/mol. The summed E-state index contributed by atoms with van der Waals surface area (Å²) in [7, 11) is 0. The van der Waals surface area contributed by atoms with Crippen molar-refractivity contribution >= 4 is 11.7 Å². The molecule has 0 aliphatic heterocycles. The lowest BCUT2D eigenvalue weighted by Gasteiger charge is -2.37. The van der Waals surface area contributed by atoms with Crippen LogP contribution in [0.5, 0.6) is 0 Å². The van der Waals surface area contributed by atoms with Gasteiger partial charge in [0.1, 0.15) is 5.60 Å². The molecule has 5 rings (SSSR count). The standard InChI is InChI=1S/C26H33N5O4/c32-18-25(11-7-8-12-25)17-27-23(34)26(13-5-2-6-14-26)35-16-20-15-21(33)31-24(28-20)29-22(30-31)19-9-3-1-4-10-19/h1,3-4,9-10,15,32H,2,5-8,11-14,16-18H2,(H,27,34)(H,28,29,30). The fourth-order valence-corrected chi connectivity index (χ4v) is 5.44. The van der Waals surface area contributed by atoms with E-state index in [4.69, 9.17) is 4.74 Å². The van der Waals surface area contributed by atoms with Gasteiger partial charge in [-0.2, -0.15) is 9.50 Å². The quantitative estimate of drug-likeness (QED) is 0.457. The molecule has 1 aromatic carbocycles. The lowest BCUT2D eigenvalue weighted by molar-refractivity contribution is -0.155. The summed E-state index contributed by atoms with van der Waals surface area (Å²) in [5, 5.41) is 17.3. The zero-order chi connectivity index (χ0) is 24.3. The molecule has 2 fully saturated rings. The van der Waals surface area contributed by atoms with E-state index >= 15 is 0 Å². The van der Waals surface area contributed by atoms with Gasteiger partial charge in [-0.15, -0.1) is 5.10 Å². The predicted octanol–water partition coefficient (Wildman–Crippen LogP) is 2.97. The van der Waals surface area contributed by atoms with E-state index in [9.17, 15) is 14.7 Å². The zero-order valence-corrected chi connectivity index (χ0v) is 20.0. The van der Waals surface area contributed by atoms with Crippen LogP contribution in [0.4, 0.5) is 0 Å². The summed E-state index contributed by atoms with van der Waals surface area (Å²) in [6.45, 7) is 0.655. The zero-order valence-electron chi connectivity index (χ0n) is 20.0. The maximum absolute atomic E-state index is 13.4. The molecule has 9 nitrogen and oxygen atoms in total. The summed E-state index contributed by atoms with van der Waals surface area (Å²) < 4.78 is 7.53. The fraction of sp³-hybridized carbons (Fsp3) is 0.538. The minimum atomic E-state index is -0.931. The number of hydrogen-bond acceptors (Lipinski definition) is 6. The van der Waals surface area contributed by atoms with E-state index < -0.39 is 5.60 Å². The highest BCUT2D eigenvalue weighted by Crippen LogP contribution is 2.38. The first-order valence-corrected chi connectivity index (χ1v) is 12.6. The molecular formula is C26H33N5O4. The number of rotatable bonds is 8. The predicted molar refractivity (Wildman–Crippen MR) is 131 cm³/mol. The fourth-order valence-electron chi connectivity index (χ4n) is 5.44. The monoisotopic (exact) mass is 479 g/mol. The number of aromatic nitrogens is 4. The molecule has 0 spiro atoms. The molecule has 0 bridgehead atoms. The summed E-state index contributed by atoms with van der Waals surface area (Å²) in [4.78, 5) is 33.7. The Morgan fingerprint density at radius 3 is 2.51 bits per heavy atom. The van der Waals surface area contributed by atoms with Crippen molar-refractivity contribution in [2.24, 2.45) is 5.41 Å². The van der Waals surface area contributed by atoms with Crippen molar-refractivity contribution in [1.82, 2.24) is 24.9 Å². The Balaban J connectivity index is 1.33. The molecular weight excluding hydrogens is 446 g/mol. The Morgan fingerprint density at radius 1 is 1.09 bits per heavy atom. The smallest absolute Gasteiger partial charge is 0.275 e. The van der Waals surface area contributed by atoms with Gasteiger partial charge in [-0.25, -0.2) is 0 Å². The molecule has 2 heterocycles. The molecule has 2 aliphatic rings. The van der Waals surface area contributed by atoms with Gasteiger partial charge < -0.3 is 20.1 Å². The molecule has 2 aromatic heterocycles. The van der Waals surface area contributed by atoms with Gasteiger partial charge in [-0.05, 0) is 25.7 Å². The Bertz CT molecular complexity index is 1220. The van der Waals surface area contributed by atoms with Crippen molar-refractivity contribution < 1.29 is 14.6 Å². The van der Waals surface area contributed by atoms with Crippen LogP contribution in [-0.2, 0) is 16.1 Å². The molecule has 1 amide bonds. The number of fused-ring (bicyclic) bond motifs is 1. The number of carbonyl (C=O) groups is 1. The SMILES string of the molecule is O=C(NCC1(CO)CCCC1)C1(OCc2cc(=O)n3nc(-c4ccccc4)nc3[nH]2)CCCCC1. The van der Waals surface area contributed by atoms with Gasteiger partial charge in [0.15, 0.2) is 5.82 Å². The molecule has 0 radical (unpaired) electrons. The maximum atomic E-state index is 13.4. The number of nitrogens with one attached hydrogen (secondary N) is 2. The summed E-state index contributed by atoms with van der Waals surface area (Å²) in [5.74, 6) is 0.683. The van der Waals surface area contributed by atoms with Crippen LogP contribution in [0.15, 0.2) is 41.2 Å². The third-order valence-electron chi connectivity index (χ3n) is 7.62. The second kappa shape index (κ2) is 9.91. The number of ether oxygens (including phenoxy) is 1. The van der Waals surface area contributed by atoms with Crippen LogP contribution >= 0.6 is 0 Å². The number of aliphatic hydroxyl groups excluding tert-OH is 1. The first-order chi connectivity index (χ1) is 17.0. The minimum Gasteiger partial charge on any atom is -0.396 e. The van der Waals surface area contributed by atoms with Gasteiger partial charge in [0, 0.05) is 29.3 Å². The maximum Gasteiger partial charge on any atom is 0.275 e. The van der Waals surface area contributed by atoms with E-state index in [-0.39, 0.29) is 30.1 Å². The lowest BCUT2D eigenvalue weighted by atomic mass is 9.82. The summed E-state index contributed by atoms with van der Waals surface area (Å²) in [6.07, 6.45) is 8.22. The van der Waals surface area contributed by atoms with Crippen molar-refractivity contribution in [3.63, 3.8) is 0 Å². The molecule has 9 heteroatoms. The van der Waals surface area contributed by atoms with Crippen molar-refractivity contribution in [3.05, 3.63) is 52.4 Å². The van der Waals surface area contributed by atoms with Gasteiger partial charge in [-0.1, -0.05) is 62.4 Å². The van der Waals surface area contributed by atoms with Crippen LogP contribution in [0.25, 0.3) is 17.2 Å². The molecule has 186 valence electrons. The molecule has 3 aromatic rings. The number of aromatic amines is 1. The number of nitrogens with zero attached hydrogens (tertiary/aromatic N) is 3. The molecule has 0 atom stereocenters. The highest BCUT2D eigenvalue weighted by Gasteiger charge is 2.42. The molecule has 2 saturated carbocycles.